The molecular weight excluding hydrogens is 494 g/mol. The molecule has 0 bridgehead atoms. The summed E-state index contributed by atoms with van der Waals surface area (Å²) in [7, 11) is 1.93. The highest BCUT2D eigenvalue weighted by molar-refractivity contribution is 5.67. The Kier molecular flexibility index (Phi) is 7.22. The molecule has 4 saturated carbocycles. The van der Waals surface area contributed by atoms with Gasteiger partial charge in [-0.3, -0.25) is 0 Å². The van der Waals surface area contributed by atoms with Crippen molar-refractivity contribution in [2.75, 3.05) is 13.7 Å². The fourth-order valence-corrected chi connectivity index (χ4v) is 11.6. The van der Waals surface area contributed by atoms with E-state index in [4.69, 9.17) is 9.47 Å². The van der Waals surface area contributed by atoms with Crippen LogP contribution in [-0.4, -0.2) is 31.5 Å². The van der Waals surface area contributed by atoms with Gasteiger partial charge in [-0.15, -0.1) is 0 Å². The third kappa shape index (κ3) is 4.51. The number of carbonyl (C=O) groups excluding carboxylic acids is 1. The number of hydrogen-bond acceptors (Lipinski definition) is 3. The summed E-state index contributed by atoms with van der Waals surface area (Å²) in [5, 5.41) is 3.26. The van der Waals surface area contributed by atoms with Crippen LogP contribution in [0.15, 0.2) is 11.6 Å². The van der Waals surface area contributed by atoms with Crippen molar-refractivity contribution < 1.29 is 14.3 Å². The standard InChI is InChI=1S/C36H61NO3/c1-30(2,3)40-29(38)37-23-36-20-18-31(4,5)22-25(36)24-12-13-27-33(8)16-15-28(39-11)32(6,7)26(33)14-17-35(27,10)34(24,9)19-21-36/h12,25-28H,13-23H2,1-11H3,(H,37,38)/t25?,26-,27+,28?,33-,34+,35+,36+/m0/s1. The fraction of sp³-hybridized carbons (Fsp3) is 0.917. The molecule has 5 aliphatic carbocycles. The first-order chi connectivity index (χ1) is 18.3. The third-order valence-electron chi connectivity index (χ3n) is 14.0. The lowest BCUT2D eigenvalue weighted by Crippen LogP contribution is -2.65. The van der Waals surface area contributed by atoms with E-state index in [1.165, 1.54) is 64.2 Å². The lowest BCUT2D eigenvalue weighted by Gasteiger charge is -2.71. The van der Waals surface area contributed by atoms with Crippen LogP contribution in [0.3, 0.4) is 0 Å². The van der Waals surface area contributed by atoms with Crippen LogP contribution in [0, 0.1) is 50.2 Å². The van der Waals surface area contributed by atoms with Gasteiger partial charge in [0.1, 0.15) is 5.60 Å². The zero-order valence-corrected chi connectivity index (χ0v) is 27.9. The Hall–Kier alpha value is -1.03. The molecule has 0 aromatic heterocycles. The fourth-order valence-electron chi connectivity index (χ4n) is 11.6. The Labute approximate surface area is 246 Å². The predicted molar refractivity (Wildman–Crippen MR) is 164 cm³/mol. The van der Waals surface area contributed by atoms with Crippen LogP contribution < -0.4 is 5.32 Å². The molecule has 5 rings (SSSR count). The van der Waals surface area contributed by atoms with Gasteiger partial charge in [0.05, 0.1) is 6.10 Å². The van der Waals surface area contributed by atoms with E-state index in [9.17, 15) is 4.79 Å². The number of nitrogens with one attached hydrogen (secondary N) is 1. The van der Waals surface area contributed by atoms with Crippen molar-refractivity contribution in [2.45, 2.75) is 145 Å². The summed E-state index contributed by atoms with van der Waals surface area (Å²) >= 11 is 0. The van der Waals surface area contributed by atoms with Crippen LogP contribution in [0.1, 0.15) is 133 Å². The molecule has 0 aromatic carbocycles. The average Bonchev–Trinajstić information content (AvgIpc) is 2.82. The molecule has 2 unspecified atom stereocenters. The molecule has 4 fully saturated rings. The number of rotatable bonds is 3. The second-order valence-electron chi connectivity index (χ2n) is 18.0. The summed E-state index contributed by atoms with van der Waals surface area (Å²) in [4.78, 5) is 12.8. The van der Waals surface area contributed by atoms with E-state index in [0.717, 1.165) is 6.54 Å². The number of amides is 1. The molecular formula is C36H61NO3. The van der Waals surface area contributed by atoms with Gasteiger partial charge in [0.15, 0.2) is 0 Å². The maximum absolute atomic E-state index is 12.8. The first kappa shape index (κ1) is 30.4. The Balaban J connectivity index is 1.49. The zero-order valence-electron chi connectivity index (χ0n) is 27.9. The van der Waals surface area contributed by atoms with Gasteiger partial charge in [-0.05, 0) is 135 Å². The van der Waals surface area contributed by atoms with Gasteiger partial charge in [-0.2, -0.15) is 0 Å². The van der Waals surface area contributed by atoms with Gasteiger partial charge in [0.25, 0.3) is 0 Å². The second kappa shape index (κ2) is 9.48. The minimum Gasteiger partial charge on any atom is -0.444 e. The molecule has 0 spiro atoms. The first-order valence-corrected chi connectivity index (χ1v) is 16.5. The predicted octanol–water partition coefficient (Wildman–Crippen LogP) is 9.33. The summed E-state index contributed by atoms with van der Waals surface area (Å²) in [6.45, 7) is 24.5. The molecule has 0 radical (unpaired) electrons. The van der Waals surface area contributed by atoms with Crippen molar-refractivity contribution in [3.8, 4) is 0 Å². The lowest BCUT2D eigenvalue weighted by atomic mass is 9.33. The van der Waals surface area contributed by atoms with Gasteiger partial charge in [0.2, 0.25) is 0 Å². The topological polar surface area (TPSA) is 47.6 Å². The SMILES string of the molecule is COC1CC[C@]2(C)[C@H]3CC=C4C5CC(C)(C)CC[C@]5(CNC(=O)OC(C)(C)C)CC[C@@]4(C)[C@]3(C)CC[C@H]2C1(C)C. The van der Waals surface area contributed by atoms with Crippen LogP contribution in [0.4, 0.5) is 4.79 Å². The first-order valence-electron chi connectivity index (χ1n) is 16.5. The summed E-state index contributed by atoms with van der Waals surface area (Å²) in [6, 6.07) is 0. The Morgan fingerprint density at radius 3 is 2.25 bits per heavy atom. The molecule has 228 valence electrons. The minimum absolute atomic E-state index is 0.139. The number of ether oxygens (including phenoxy) is 2. The summed E-state index contributed by atoms with van der Waals surface area (Å²) in [5.41, 5.74) is 2.87. The number of alkyl carbamates (subject to hydrolysis) is 1. The number of carbonyl (C=O) groups is 1. The average molecular weight is 556 g/mol. The molecule has 4 heteroatoms. The molecule has 0 aliphatic heterocycles. The van der Waals surface area contributed by atoms with Crippen molar-refractivity contribution >= 4 is 6.09 Å². The van der Waals surface area contributed by atoms with E-state index in [1.807, 2.05) is 27.9 Å². The van der Waals surface area contributed by atoms with E-state index >= 15 is 0 Å². The van der Waals surface area contributed by atoms with Crippen molar-refractivity contribution in [1.82, 2.24) is 5.32 Å². The maximum Gasteiger partial charge on any atom is 0.407 e. The normalized spacial score (nSPS) is 45.6. The van der Waals surface area contributed by atoms with Crippen LogP contribution >= 0.6 is 0 Å². The van der Waals surface area contributed by atoms with Crippen molar-refractivity contribution in [3.63, 3.8) is 0 Å². The molecule has 1 amide bonds. The van der Waals surface area contributed by atoms with Crippen LogP contribution in [0.2, 0.25) is 0 Å². The molecule has 1 N–H and O–H groups in total. The Morgan fingerprint density at radius 2 is 1.60 bits per heavy atom. The second-order valence-corrected chi connectivity index (χ2v) is 18.0. The number of methoxy groups -OCH3 is 1. The number of fused-ring (bicyclic) bond motifs is 7. The van der Waals surface area contributed by atoms with Gasteiger partial charge >= 0.3 is 6.09 Å². The quantitative estimate of drug-likeness (QED) is 0.353. The van der Waals surface area contributed by atoms with E-state index in [0.29, 0.717) is 40.1 Å². The smallest absolute Gasteiger partial charge is 0.407 e. The summed E-state index contributed by atoms with van der Waals surface area (Å²) in [5.74, 6) is 1.96. The summed E-state index contributed by atoms with van der Waals surface area (Å²) in [6.07, 6.45) is 15.3. The number of hydrogen-bond donors (Lipinski definition) is 1. The molecule has 8 atom stereocenters. The third-order valence-corrected chi connectivity index (χ3v) is 14.0. The van der Waals surface area contributed by atoms with Crippen LogP contribution in [0.25, 0.3) is 0 Å². The van der Waals surface area contributed by atoms with Gasteiger partial charge in [-0.25, -0.2) is 4.79 Å². The van der Waals surface area contributed by atoms with Crippen molar-refractivity contribution in [1.29, 1.82) is 0 Å². The van der Waals surface area contributed by atoms with Crippen LogP contribution in [-0.2, 0) is 9.47 Å². The Bertz CT molecular complexity index is 1040. The van der Waals surface area contributed by atoms with E-state index in [1.54, 1.807) is 5.57 Å². The summed E-state index contributed by atoms with van der Waals surface area (Å²) < 4.78 is 11.8. The van der Waals surface area contributed by atoms with E-state index in [-0.39, 0.29) is 22.3 Å². The highest BCUT2D eigenvalue weighted by Crippen LogP contribution is 2.75. The molecule has 0 aromatic rings. The van der Waals surface area contributed by atoms with E-state index < -0.39 is 5.60 Å². The molecule has 4 nitrogen and oxygen atoms in total. The maximum atomic E-state index is 12.8. The van der Waals surface area contributed by atoms with Gasteiger partial charge < -0.3 is 14.8 Å². The Morgan fingerprint density at radius 1 is 0.925 bits per heavy atom. The van der Waals surface area contributed by atoms with Crippen LogP contribution in [0.5, 0.6) is 0 Å². The highest BCUT2D eigenvalue weighted by atomic mass is 16.6. The monoisotopic (exact) mass is 555 g/mol. The number of allylic oxidation sites excluding steroid dienone is 2. The zero-order chi connectivity index (χ0) is 29.6. The highest BCUT2D eigenvalue weighted by Gasteiger charge is 2.68. The molecule has 40 heavy (non-hydrogen) atoms. The van der Waals surface area contributed by atoms with Crippen molar-refractivity contribution in [2.24, 2.45) is 50.2 Å². The minimum atomic E-state index is -0.470. The molecule has 0 heterocycles. The van der Waals surface area contributed by atoms with Gasteiger partial charge in [-0.1, -0.05) is 60.1 Å². The van der Waals surface area contributed by atoms with Gasteiger partial charge in [0, 0.05) is 13.7 Å². The molecule has 5 aliphatic rings. The van der Waals surface area contributed by atoms with Crippen molar-refractivity contribution in [3.05, 3.63) is 11.6 Å². The largest absolute Gasteiger partial charge is 0.444 e. The van der Waals surface area contributed by atoms with E-state index in [2.05, 4.69) is 59.9 Å². The molecule has 0 saturated heterocycles. The lowest BCUT2D eigenvalue weighted by molar-refractivity contribution is -0.207.